The van der Waals surface area contributed by atoms with E-state index in [9.17, 15) is 14.4 Å². The molecule has 0 radical (unpaired) electrons. The molecule has 8 nitrogen and oxygen atoms in total. The number of nitrogens with zero attached hydrogens (tertiary/aromatic N) is 2. The molecule has 0 aliphatic carbocycles. The minimum absolute atomic E-state index is 0.0908. The number of aromatic amines is 1. The highest BCUT2D eigenvalue weighted by molar-refractivity contribution is 6.04. The van der Waals surface area contributed by atoms with Crippen molar-refractivity contribution in [2.75, 3.05) is 15.5 Å². The number of nitrogens with one attached hydrogen (secondary N) is 3. The summed E-state index contributed by atoms with van der Waals surface area (Å²) in [7, 11) is 0. The summed E-state index contributed by atoms with van der Waals surface area (Å²) in [6.07, 6.45) is 3.97. The SMILES string of the molecule is CCc1ccc(NC(=O)[C@@H]2CC(=O)Nc3nc(N4[C@H](C)CCC[C@H]4C)[nH]c(=O)c32)cc1. The van der Waals surface area contributed by atoms with E-state index in [1.165, 1.54) is 0 Å². The number of fused-ring (bicyclic) bond motifs is 1. The van der Waals surface area contributed by atoms with Gasteiger partial charge in [-0.1, -0.05) is 19.1 Å². The van der Waals surface area contributed by atoms with E-state index in [0.717, 1.165) is 31.2 Å². The molecule has 2 amide bonds. The van der Waals surface area contributed by atoms with Gasteiger partial charge in [-0.15, -0.1) is 0 Å². The van der Waals surface area contributed by atoms with Crippen LogP contribution in [0.15, 0.2) is 29.1 Å². The number of carbonyl (C=O) groups is 2. The molecule has 1 saturated heterocycles. The van der Waals surface area contributed by atoms with Crippen LogP contribution in [-0.2, 0) is 16.0 Å². The average Bonchev–Trinajstić information content (AvgIpc) is 2.73. The van der Waals surface area contributed by atoms with Crippen LogP contribution in [0, 0.1) is 0 Å². The van der Waals surface area contributed by atoms with Crippen molar-refractivity contribution in [2.45, 2.75) is 70.9 Å². The second kappa shape index (κ2) is 8.53. The van der Waals surface area contributed by atoms with Gasteiger partial charge in [0.2, 0.25) is 17.8 Å². The van der Waals surface area contributed by atoms with E-state index in [-0.39, 0.29) is 47.3 Å². The third kappa shape index (κ3) is 4.19. The first-order valence-electron chi connectivity index (χ1n) is 11.0. The fourth-order valence-electron chi connectivity index (χ4n) is 4.60. The summed E-state index contributed by atoms with van der Waals surface area (Å²) in [5, 5.41) is 5.53. The highest BCUT2D eigenvalue weighted by Crippen LogP contribution is 2.32. The Balaban J connectivity index is 1.65. The Bertz CT molecular complexity index is 1040. The molecule has 1 fully saturated rings. The number of H-pyrrole nitrogens is 1. The van der Waals surface area contributed by atoms with Gasteiger partial charge < -0.3 is 15.5 Å². The summed E-state index contributed by atoms with van der Waals surface area (Å²) in [4.78, 5) is 47.9. The first-order valence-corrected chi connectivity index (χ1v) is 11.0. The Morgan fingerprint density at radius 3 is 2.48 bits per heavy atom. The maximum Gasteiger partial charge on any atom is 0.258 e. The number of aromatic nitrogens is 2. The molecule has 0 saturated carbocycles. The van der Waals surface area contributed by atoms with Gasteiger partial charge in [0.1, 0.15) is 5.82 Å². The fourth-order valence-corrected chi connectivity index (χ4v) is 4.60. The van der Waals surface area contributed by atoms with Gasteiger partial charge in [0, 0.05) is 24.2 Å². The van der Waals surface area contributed by atoms with Crippen LogP contribution in [0.2, 0.25) is 0 Å². The van der Waals surface area contributed by atoms with Gasteiger partial charge in [-0.3, -0.25) is 19.4 Å². The van der Waals surface area contributed by atoms with Gasteiger partial charge in [0.25, 0.3) is 5.56 Å². The summed E-state index contributed by atoms with van der Waals surface area (Å²) in [5.74, 6) is -0.976. The molecule has 1 aromatic carbocycles. The number of aryl methyl sites for hydroxylation is 1. The molecule has 3 atom stereocenters. The van der Waals surface area contributed by atoms with Gasteiger partial charge in [-0.2, -0.15) is 4.98 Å². The van der Waals surface area contributed by atoms with Crippen LogP contribution in [-0.4, -0.2) is 33.9 Å². The third-order valence-electron chi connectivity index (χ3n) is 6.32. The van der Waals surface area contributed by atoms with Crippen molar-refractivity contribution in [3.63, 3.8) is 0 Å². The van der Waals surface area contributed by atoms with Crippen molar-refractivity contribution >= 4 is 29.3 Å². The molecule has 8 heteroatoms. The van der Waals surface area contributed by atoms with E-state index in [1.807, 2.05) is 24.3 Å². The maximum absolute atomic E-state index is 13.0. The van der Waals surface area contributed by atoms with Crippen LogP contribution in [0.5, 0.6) is 0 Å². The van der Waals surface area contributed by atoms with Gasteiger partial charge in [0.15, 0.2) is 0 Å². The zero-order chi connectivity index (χ0) is 22.1. The lowest BCUT2D eigenvalue weighted by Crippen LogP contribution is -2.46. The van der Waals surface area contributed by atoms with Crippen molar-refractivity contribution in [1.29, 1.82) is 0 Å². The minimum Gasteiger partial charge on any atom is -0.337 e. The molecule has 2 aliphatic heterocycles. The number of piperidine rings is 1. The lowest BCUT2D eigenvalue weighted by Gasteiger charge is -2.39. The maximum atomic E-state index is 13.0. The van der Waals surface area contributed by atoms with Gasteiger partial charge >= 0.3 is 0 Å². The van der Waals surface area contributed by atoms with Gasteiger partial charge in [0.05, 0.1) is 11.5 Å². The van der Waals surface area contributed by atoms with Crippen LogP contribution in [0.3, 0.4) is 0 Å². The molecule has 3 N–H and O–H groups in total. The molecule has 4 rings (SSSR count). The van der Waals surface area contributed by atoms with E-state index in [0.29, 0.717) is 11.6 Å². The molecule has 0 bridgehead atoms. The van der Waals surface area contributed by atoms with E-state index in [4.69, 9.17) is 0 Å². The van der Waals surface area contributed by atoms with E-state index in [1.54, 1.807) is 0 Å². The molecule has 0 unspecified atom stereocenters. The van der Waals surface area contributed by atoms with E-state index < -0.39 is 5.92 Å². The van der Waals surface area contributed by atoms with Crippen molar-refractivity contribution in [3.8, 4) is 0 Å². The van der Waals surface area contributed by atoms with Crippen molar-refractivity contribution in [1.82, 2.24) is 9.97 Å². The molecule has 1 aromatic heterocycles. The normalized spacial score (nSPS) is 23.1. The second-order valence-corrected chi connectivity index (χ2v) is 8.53. The highest BCUT2D eigenvalue weighted by Gasteiger charge is 2.36. The van der Waals surface area contributed by atoms with Gasteiger partial charge in [-0.25, -0.2) is 0 Å². The number of anilines is 3. The van der Waals surface area contributed by atoms with E-state index >= 15 is 0 Å². The Labute approximate surface area is 181 Å². The molecule has 3 heterocycles. The summed E-state index contributed by atoms with van der Waals surface area (Å²) in [6, 6.07) is 8.00. The molecular weight excluding hydrogens is 394 g/mol. The van der Waals surface area contributed by atoms with Crippen LogP contribution >= 0.6 is 0 Å². The smallest absolute Gasteiger partial charge is 0.258 e. The first kappa shape index (κ1) is 21.1. The van der Waals surface area contributed by atoms with Crippen LogP contribution in [0.4, 0.5) is 17.5 Å². The Hall–Kier alpha value is -3.16. The molecule has 164 valence electrons. The predicted molar refractivity (Wildman–Crippen MR) is 121 cm³/mol. The molecular formula is C23H29N5O3. The highest BCUT2D eigenvalue weighted by atomic mass is 16.2. The Kier molecular flexibility index (Phi) is 5.80. The largest absolute Gasteiger partial charge is 0.337 e. The fraction of sp³-hybridized carbons (Fsp3) is 0.478. The number of carbonyl (C=O) groups excluding carboxylic acids is 2. The van der Waals surface area contributed by atoms with Crippen LogP contribution < -0.4 is 21.1 Å². The summed E-state index contributed by atoms with van der Waals surface area (Å²) in [5.41, 5.74) is 1.62. The lowest BCUT2D eigenvalue weighted by molar-refractivity contribution is -0.123. The summed E-state index contributed by atoms with van der Waals surface area (Å²) in [6.45, 7) is 6.27. The summed E-state index contributed by atoms with van der Waals surface area (Å²) >= 11 is 0. The standard InChI is InChI=1S/C23H29N5O3/c1-4-15-8-10-16(11-9-15)24-21(30)17-12-18(29)25-20-19(17)22(31)27-23(26-20)28-13(2)6-5-7-14(28)3/h8-11,13-14,17H,4-7,12H2,1-3H3,(H,24,30)(H2,25,26,27,29,31)/t13-,14-,17-/m1/s1. The number of hydrogen-bond donors (Lipinski definition) is 3. The second-order valence-electron chi connectivity index (χ2n) is 8.53. The van der Waals surface area contributed by atoms with Crippen molar-refractivity contribution in [2.24, 2.45) is 0 Å². The Morgan fingerprint density at radius 2 is 1.84 bits per heavy atom. The molecule has 31 heavy (non-hydrogen) atoms. The minimum atomic E-state index is -0.892. The average molecular weight is 424 g/mol. The predicted octanol–water partition coefficient (Wildman–Crippen LogP) is 3.16. The zero-order valence-corrected chi connectivity index (χ0v) is 18.2. The zero-order valence-electron chi connectivity index (χ0n) is 18.2. The Morgan fingerprint density at radius 1 is 1.16 bits per heavy atom. The van der Waals surface area contributed by atoms with E-state index in [2.05, 4.69) is 46.3 Å². The quantitative estimate of drug-likeness (QED) is 0.700. The topological polar surface area (TPSA) is 107 Å². The molecule has 2 aliphatic rings. The monoisotopic (exact) mass is 423 g/mol. The number of amides is 2. The van der Waals surface area contributed by atoms with Gasteiger partial charge in [-0.05, 0) is 57.2 Å². The third-order valence-corrected chi connectivity index (χ3v) is 6.32. The van der Waals surface area contributed by atoms with Crippen molar-refractivity contribution < 1.29 is 9.59 Å². The number of rotatable bonds is 4. The van der Waals surface area contributed by atoms with Crippen molar-refractivity contribution in [3.05, 3.63) is 45.7 Å². The molecule has 2 aromatic rings. The van der Waals surface area contributed by atoms with Crippen LogP contribution in [0.25, 0.3) is 0 Å². The molecule has 0 spiro atoms. The summed E-state index contributed by atoms with van der Waals surface area (Å²) < 4.78 is 0. The van der Waals surface area contributed by atoms with Crippen LogP contribution in [0.1, 0.15) is 63.5 Å². The first-order chi connectivity index (χ1) is 14.9. The number of hydrogen-bond acceptors (Lipinski definition) is 5. The lowest BCUT2D eigenvalue weighted by atomic mass is 9.92. The number of benzene rings is 1.